The van der Waals surface area contributed by atoms with Crippen LogP contribution in [-0.4, -0.2) is 69.5 Å². The second-order valence-corrected chi connectivity index (χ2v) is 9.71. The summed E-state index contributed by atoms with van der Waals surface area (Å²) in [6.07, 6.45) is 2.75. The molecule has 1 aliphatic heterocycles. The zero-order chi connectivity index (χ0) is 21.8. The molecule has 1 aliphatic rings. The largest absolute Gasteiger partial charge is 0.379 e. The number of unbranched alkanes of at least 4 members (excludes halogenated alkanes) is 2. The molecule has 1 aromatic carbocycles. The number of carbonyl (C=O) groups is 2. The second-order valence-electron chi connectivity index (χ2n) is 7.53. The van der Waals surface area contributed by atoms with Gasteiger partial charge < -0.3 is 15.4 Å². The Kier molecular flexibility index (Phi) is 10.3. The van der Waals surface area contributed by atoms with E-state index in [2.05, 4.69) is 15.5 Å². The SMILES string of the molecule is CCCCCS(=O)(=O)CC(=O)NCc1cccc(NC(=O)CCN2CCOCC2)c1. The molecule has 0 unspecified atom stereocenters. The number of benzene rings is 1. The molecular formula is C21H33N3O5S. The summed E-state index contributed by atoms with van der Waals surface area (Å²) in [5.41, 5.74) is 1.44. The molecule has 2 N–H and O–H groups in total. The van der Waals surface area contributed by atoms with Gasteiger partial charge in [-0.1, -0.05) is 31.9 Å². The lowest BCUT2D eigenvalue weighted by atomic mass is 10.2. The highest BCUT2D eigenvalue weighted by Crippen LogP contribution is 2.11. The molecule has 2 rings (SSSR count). The monoisotopic (exact) mass is 439 g/mol. The van der Waals surface area contributed by atoms with Crippen LogP contribution in [0.5, 0.6) is 0 Å². The van der Waals surface area contributed by atoms with Gasteiger partial charge in [-0.15, -0.1) is 0 Å². The van der Waals surface area contributed by atoms with Crippen molar-refractivity contribution in [2.75, 3.05) is 49.7 Å². The van der Waals surface area contributed by atoms with E-state index >= 15 is 0 Å². The lowest BCUT2D eigenvalue weighted by molar-refractivity contribution is -0.119. The number of sulfone groups is 1. The minimum Gasteiger partial charge on any atom is -0.379 e. The molecule has 9 heteroatoms. The number of rotatable bonds is 12. The van der Waals surface area contributed by atoms with Crippen LogP contribution in [-0.2, 0) is 30.7 Å². The van der Waals surface area contributed by atoms with Crippen molar-refractivity contribution in [3.8, 4) is 0 Å². The first kappa shape index (κ1) is 24.3. The Morgan fingerprint density at radius 3 is 2.63 bits per heavy atom. The molecule has 168 valence electrons. The summed E-state index contributed by atoms with van der Waals surface area (Å²) in [4.78, 5) is 26.4. The number of anilines is 1. The zero-order valence-electron chi connectivity index (χ0n) is 17.7. The molecular weight excluding hydrogens is 406 g/mol. The number of hydrogen-bond acceptors (Lipinski definition) is 6. The Morgan fingerprint density at radius 1 is 1.13 bits per heavy atom. The average Bonchev–Trinajstić information content (AvgIpc) is 2.71. The first-order chi connectivity index (χ1) is 14.4. The molecule has 0 aromatic heterocycles. The minimum absolute atomic E-state index is 0.0419. The molecule has 2 amide bonds. The molecule has 1 saturated heterocycles. The van der Waals surface area contributed by atoms with Gasteiger partial charge in [-0.2, -0.15) is 0 Å². The van der Waals surface area contributed by atoms with Crippen LogP contribution < -0.4 is 10.6 Å². The van der Waals surface area contributed by atoms with Crippen LogP contribution in [0.15, 0.2) is 24.3 Å². The van der Waals surface area contributed by atoms with Gasteiger partial charge in [0.15, 0.2) is 9.84 Å². The highest BCUT2D eigenvalue weighted by atomic mass is 32.2. The predicted octanol–water partition coefficient (Wildman–Crippen LogP) is 1.57. The Bertz CT molecular complexity index is 792. The van der Waals surface area contributed by atoms with Crippen molar-refractivity contribution < 1.29 is 22.7 Å². The van der Waals surface area contributed by atoms with E-state index in [0.717, 1.165) is 31.5 Å². The number of nitrogens with zero attached hydrogens (tertiary/aromatic N) is 1. The van der Waals surface area contributed by atoms with Crippen LogP contribution >= 0.6 is 0 Å². The van der Waals surface area contributed by atoms with E-state index in [4.69, 9.17) is 4.74 Å². The van der Waals surface area contributed by atoms with Crippen molar-refractivity contribution in [1.82, 2.24) is 10.2 Å². The van der Waals surface area contributed by atoms with Gasteiger partial charge in [-0.05, 0) is 24.1 Å². The van der Waals surface area contributed by atoms with Gasteiger partial charge in [0.05, 0.1) is 19.0 Å². The average molecular weight is 440 g/mol. The van der Waals surface area contributed by atoms with Crippen LogP contribution in [0.3, 0.4) is 0 Å². The van der Waals surface area contributed by atoms with E-state index in [1.165, 1.54) is 0 Å². The molecule has 0 aliphatic carbocycles. The number of ether oxygens (including phenoxy) is 1. The predicted molar refractivity (Wildman–Crippen MR) is 117 cm³/mol. The van der Waals surface area contributed by atoms with Gasteiger partial charge in [0.1, 0.15) is 5.75 Å². The minimum atomic E-state index is -3.38. The van der Waals surface area contributed by atoms with Gasteiger partial charge in [0, 0.05) is 38.3 Å². The summed E-state index contributed by atoms with van der Waals surface area (Å²) in [7, 11) is -3.38. The Balaban J connectivity index is 1.75. The first-order valence-electron chi connectivity index (χ1n) is 10.5. The van der Waals surface area contributed by atoms with Gasteiger partial charge in [0.2, 0.25) is 11.8 Å². The molecule has 0 saturated carbocycles. The van der Waals surface area contributed by atoms with Gasteiger partial charge in [-0.3, -0.25) is 14.5 Å². The van der Waals surface area contributed by atoms with Crippen molar-refractivity contribution >= 4 is 27.3 Å². The summed E-state index contributed by atoms with van der Waals surface area (Å²) in [5.74, 6) is -1.03. The molecule has 1 heterocycles. The van der Waals surface area contributed by atoms with E-state index in [1.807, 2.05) is 13.0 Å². The lowest BCUT2D eigenvalue weighted by Gasteiger charge is -2.26. The quantitative estimate of drug-likeness (QED) is 0.479. The summed E-state index contributed by atoms with van der Waals surface area (Å²) < 4.78 is 29.2. The number of morpholine rings is 1. The van der Waals surface area contributed by atoms with E-state index in [-0.39, 0.29) is 18.2 Å². The highest BCUT2D eigenvalue weighted by Gasteiger charge is 2.16. The Labute approximate surface area is 179 Å². The maximum atomic E-state index is 12.2. The third kappa shape index (κ3) is 9.69. The summed E-state index contributed by atoms with van der Waals surface area (Å²) >= 11 is 0. The smallest absolute Gasteiger partial charge is 0.235 e. The third-order valence-corrected chi connectivity index (χ3v) is 6.48. The van der Waals surface area contributed by atoms with Gasteiger partial charge in [-0.25, -0.2) is 8.42 Å². The summed E-state index contributed by atoms with van der Waals surface area (Å²) in [6.45, 7) is 6.00. The fourth-order valence-electron chi connectivity index (χ4n) is 3.16. The van der Waals surface area contributed by atoms with E-state index in [9.17, 15) is 18.0 Å². The van der Waals surface area contributed by atoms with Crippen molar-refractivity contribution in [1.29, 1.82) is 0 Å². The standard InChI is InChI=1S/C21H33N3O5S/c1-2-3-4-14-30(27,28)17-21(26)22-16-18-6-5-7-19(15-18)23-20(25)8-9-24-10-12-29-13-11-24/h5-7,15H,2-4,8-14,16-17H2,1H3,(H,22,26)(H,23,25). The van der Waals surface area contributed by atoms with Gasteiger partial charge >= 0.3 is 0 Å². The van der Waals surface area contributed by atoms with Crippen LogP contribution in [0.1, 0.15) is 38.2 Å². The van der Waals surface area contributed by atoms with Crippen LogP contribution in [0.4, 0.5) is 5.69 Å². The molecule has 8 nitrogen and oxygen atoms in total. The second kappa shape index (κ2) is 12.7. The molecule has 30 heavy (non-hydrogen) atoms. The normalized spacial score (nSPS) is 15.0. The fourth-order valence-corrected chi connectivity index (χ4v) is 4.45. The van der Waals surface area contributed by atoms with Crippen molar-refractivity contribution in [2.45, 2.75) is 39.2 Å². The van der Waals surface area contributed by atoms with E-state index < -0.39 is 21.5 Å². The Hall–Kier alpha value is -1.97. The Morgan fingerprint density at radius 2 is 1.90 bits per heavy atom. The molecule has 0 spiro atoms. The third-order valence-electron chi connectivity index (χ3n) is 4.87. The number of nitrogens with one attached hydrogen (secondary N) is 2. The van der Waals surface area contributed by atoms with Crippen LogP contribution in [0, 0.1) is 0 Å². The topological polar surface area (TPSA) is 105 Å². The maximum absolute atomic E-state index is 12.2. The molecule has 0 atom stereocenters. The highest BCUT2D eigenvalue weighted by molar-refractivity contribution is 7.92. The maximum Gasteiger partial charge on any atom is 0.235 e. The first-order valence-corrected chi connectivity index (χ1v) is 12.4. The number of carbonyl (C=O) groups excluding carboxylic acids is 2. The summed E-state index contributed by atoms with van der Waals surface area (Å²) in [6, 6.07) is 7.18. The van der Waals surface area contributed by atoms with Crippen LogP contribution in [0.25, 0.3) is 0 Å². The summed E-state index contributed by atoms with van der Waals surface area (Å²) in [5, 5.41) is 5.52. The van der Waals surface area contributed by atoms with Crippen LogP contribution in [0.2, 0.25) is 0 Å². The molecule has 1 aromatic rings. The van der Waals surface area contributed by atoms with Crippen molar-refractivity contribution in [3.63, 3.8) is 0 Å². The van der Waals surface area contributed by atoms with Crippen molar-refractivity contribution in [2.24, 2.45) is 0 Å². The molecule has 1 fully saturated rings. The number of hydrogen-bond donors (Lipinski definition) is 2. The zero-order valence-corrected chi connectivity index (χ0v) is 18.5. The fraction of sp³-hybridized carbons (Fsp3) is 0.619. The van der Waals surface area contributed by atoms with Crippen molar-refractivity contribution in [3.05, 3.63) is 29.8 Å². The number of amides is 2. The molecule has 0 radical (unpaired) electrons. The van der Waals surface area contributed by atoms with E-state index in [1.54, 1.807) is 18.2 Å². The van der Waals surface area contributed by atoms with Gasteiger partial charge in [0.25, 0.3) is 0 Å². The molecule has 0 bridgehead atoms. The van der Waals surface area contributed by atoms with E-state index in [0.29, 0.717) is 38.3 Å². The lowest BCUT2D eigenvalue weighted by Crippen LogP contribution is -2.38.